The average Bonchev–Trinajstić information content (AvgIpc) is 2.83. The van der Waals surface area contributed by atoms with Crippen LogP contribution in [0.2, 0.25) is 0 Å². The number of hydrogen-bond donors (Lipinski definition) is 3. The number of fused-ring (bicyclic) bond motifs is 3. The van der Waals surface area contributed by atoms with Gasteiger partial charge in [0.2, 0.25) is 0 Å². The number of aryl methyl sites for hydroxylation is 2. The number of aromatic nitrogens is 4. The molecule has 0 amide bonds. The smallest absolute Gasteiger partial charge is 0.152 e. The Morgan fingerprint density at radius 3 is 2.71 bits per heavy atom. The summed E-state index contributed by atoms with van der Waals surface area (Å²) in [5, 5.41) is 0. The monoisotopic (exact) mass is 285 g/mol. The summed E-state index contributed by atoms with van der Waals surface area (Å²) in [6, 6.07) is 1.95. The maximum Gasteiger partial charge on any atom is 0.152 e. The third-order valence-electron chi connectivity index (χ3n) is 3.66. The van der Waals surface area contributed by atoms with Crippen LogP contribution in [-0.2, 0) is 12.8 Å². The Bertz CT molecular complexity index is 806. The van der Waals surface area contributed by atoms with Gasteiger partial charge in [0.1, 0.15) is 22.4 Å². The van der Waals surface area contributed by atoms with Crippen LogP contribution in [0.1, 0.15) is 24.7 Å². The second kappa shape index (κ2) is 5.17. The number of hydrogen-bond acceptors (Lipinski definition) is 6. The van der Waals surface area contributed by atoms with Gasteiger partial charge in [-0.2, -0.15) is 0 Å². The van der Waals surface area contributed by atoms with E-state index in [4.69, 9.17) is 17.3 Å². The van der Waals surface area contributed by atoms with Gasteiger partial charge in [0, 0.05) is 12.6 Å². The zero-order valence-corrected chi connectivity index (χ0v) is 12.0. The van der Waals surface area contributed by atoms with Crippen LogP contribution in [-0.4, -0.2) is 26.2 Å². The lowest BCUT2D eigenvalue weighted by Gasteiger charge is -2.07. The first-order valence-electron chi connectivity index (χ1n) is 7.06. The normalized spacial score (nSPS) is 11.5. The largest absolute Gasteiger partial charge is 0.382 e. The predicted octanol–water partition coefficient (Wildman–Crippen LogP) is 0.729. The first-order chi connectivity index (χ1) is 10.2. The van der Waals surface area contributed by atoms with Gasteiger partial charge in [0.05, 0.1) is 5.52 Å². The highest BCUT2D eigenvalue weighted by molar-refractivity contribution is 6.05. The lowest BCUT2D eigenvalue weighted by Crippen LogP contribution is -2.12. The maximum atomic E-state index is 6.15. The van der Waals surface area contributed by atoms with Gasteiger partial charge in [0.25, 0.3) is 0 Å². The summed E-state index contributed by atoms with van der Waals surface area (Å²) in [4.78, 5) is 13.4. The van der Waals surface area contributed by atoms with E-state index >= 15 is 0 Å². The second-order valence-corrected chi connectivity index (χ2v) is 5.01. The third kappa shape index (κ3) is 2.06. The Morgan fingerprint density at radius 1 is 1.19 bits per heavy atom. The summed E-state index contributed by atoms with van der Waals surface area (Å²) >= 11 is 0. The average molecular weight is 285 g/mol. The third-order valence-corrected chi connectivity index (χ3v) is 3.66. The molecule has 0 radical (unpaired) electrons. The number of nitrogens with zero attached hydrogens (tertiary/aromatic N) is 4. The quantitative estimate of drug-likeness (QED) is 0.607. The highest BCUT2D eigenvalue weighted by atomic mass is 15.3. The van der Waals surface area contributed by atoms with E-state index in [1.54, 1.807) is 10.9 Å². The van der Waals surface area contributed by atoms with E-state index in [1.807, 2.05) is 13.0 Å². The minimum absolute atomic E-state index is 0.387. The Labute approximate surface area is 122 Å². The fourth-order valence-corrected chi connectivity index (χ4v) is 2.59. The molecule has 0 aromatic carbocycles. The fraction of sp³-hybridized carbons (Fsp3) is 0.357. The van der Waals surface area contributed by atoms with Gasteiger partial charge >= 0.3 is 0 Å². The number of rotatable bonds is 4. The van der Waals surface area contributed by atoms with Crippen molar-refractivity contribution in [2.24, 2.45) is 5.73 Å². The number of imidazole rings is 1. The van der Waals surface area contributed by atoms with Crippen molar-refractivity contribution in [3.63, 3.8) is 0 Å². The number of anilines is 1. The first kappa shape index (κ1) is 13.6. The first-order valence-corrected chi connectivity index (χ1v) is 7.06. The van der Waals surface area contributed by atoms with Crippen molar-refractivity contribution < 1.29 is 0 Å². The van der Waals surface area contributed by atoms with Gasteiger partial charge in [0.15, 0.2) is 5.82 Å². The topological polar surface area (TPSA) is 122 Å². The Kier molecular flexibility index (Phi) is 3.34. The molecule has 3 aromatic rings. The van der Waals surface area contributed by atoms with Crippen molar-refractivity contribution in [2.45, 2.75) is 26.2 Å². The number of nitrogen functional groups attached to an aromatic ring is 2. The molecule has 0 atom stereocenters. The number of pyridine rings is 2. The zero-order chi connectivity index (χ0) is 15.0. The summed E-state index contributed by atoms with van der Waals surface area (Å²) in [6.45, 7) is 2.63. The molecule has 0 spiro atoms. The SMILES string of the molecule is CCc1nc2c(N)nc3c(CCCN)ccnc3c2n1N. The van der Waals surface area contributed by atoms with Crippen LogP contribution in [0.4, 0.5) is 5.82 Å². The molecule has 7 heteroatoms. The van der Waals surface area contributed by atoms with E-state index in [9.17, 15) is 0 Å². The Morgan fingerprint density at radius 2 is 2.00 bits per heavy atom. The minimum atomic E-state index is 0.387. The highest BCUT2D eigenvalue weighted by Crippen LogP contribution is 2.28. The van der Waals surface area contributed by atoms with Crippen LogP contribution in [0, 0.1) is 0 Å². The Balaban J connectivity index is 2.36. The summed E-state index contributed by atoms with van der Waals surface area (Å²) in [5.41, 5.74) is 15.6. The van der Waals surface area contributed by atoms with Crippen LogP contribution < -0.4 is 17.3 Å². The van der Waals surface area contributed by atoms with Crippen molar-refractivity contribution in [1.82, 2.24) is 19.6 Å². The standard InChI is InChI=1S/C14H19N7/c1-2-9-19-12-13(21(9)17)11-10(20-14(12)16)8(4-3-6-15)5-7-18-11/h5,7H,2-4,6,15,17H2,1H3,(H2,16,20). The van der Waals surface area contributed by atoms with Gasteiger partial charge in [-0.25, -0.2) is 14.6 Å². The molecule has 0 saturated carbocycles. The molecule has 0 saturated heterocycles. The molecule has 3 aromatic heterocycles. The zero-order valence-electron chi connectivity index (χ0n) is 12.0. The van der Waals surface area contributed by atoms with Crippen LogP contribution >= 0.6 is 0 Å². The van der Waals surface area contributed by atoms with Crippen LogP contribution in [0.25, 0.3) is 22.1 Å². The molecule has 0 unspecified atom stereocenters. The van der Waals surface area contributed by atoms with Gasteiger partial charge < -0.3 is 17.3 Å². The van der Waals surface area contributed by atoms with Crippen molar-refractivity contribution >= 4 is 27.9 Å². The van der Waals surface area contributed by atoms with Crippen LogP contribution in [0.15, 0.2) is 12.3 Å². The summed E-state index contributed by atoms with van der Waals surface area (Å²) in [6.07, 6.45) is 4.22. The maximum absolute atomic E-state index is 6.15. The molecular weight excluding hydrogens is 266 g/mol. The molecule has 3 heterocycles. The van der Waals surface area contributed by atoms with E-state index in [2.05, 4.69) is 15.0 Å². The van der Waals surface area contributed by atoms with Crippen molar-refractivity contribution in [1.29, 1.82) is 0 Å². The predicted molar refractivity (Wildman–Crippen MR) is 84.1 cm³/mol. The van der Waals surface area contributed by atoms with E-state index in [0.29, 0.717) is 17.9 Å². The molecule has 7 nitrogen and oxygen atoms in total. The van der Waals surface area contributed by atoms with Gasteiger partial charge in [-0.05, 0) is 31.0 Å². The molecule has 0 aliphatic carbocycles. The van der Waals surface area contributed by atoms with E-state index in [-0.39, 0.29) is 0 Å². The van der Waals surface area contributed by atoms with Crippen LogP contribution in [0.3, 0.4) is 0 Å². The van der Waals surface area contributed by atoms with E-state index < -0.39 is 0 Å². The fourth-order valence-electron chi connectivity index (χ4n) is 2.59. The summed E-state index contributed by atoms with van der Waals surface area (Å²) < 4.78 is 1.56. The van der Waals surface area contributed by atoms with Gasteiger partial charge in [-0.15, -0.1) is 0 Å². The minimum Gasteiger partial charge on any atom is -0.382 e. The van der Waals surface area contributed by atoms with Crippen molar-refractivity contribution in [3.05, 3.63) is 23.7 Å². The molecule has 0 aliphatic rings. The van der Waals surface area contributed by atoms with Gasteiger partial charge in [-0.1, -0.05) is 6.92 Å². The highest BCUT2D eigenvalue weighted by Gasteiger charge is 2.17. The van der Waals surface area contributed by atoms with Crippen LogP contribution in [0.5, 0.6) is 0 Å². The number of nitrogens with two attached hydrogens (primary N) is 3. The molecule has 0 fully saturated rings. The van der Waals surface area contributed by atoms with Crippen molar-refractivity contribution in [2.75, 3.05) is 18.1 Å². The molecule has 6 N–H and O–H groups in total. The van der Waals surface area contributed by atoms with Crippen molar-refractivity contribution in [3.8, 4) is 0 Å². The van der Waals surface area contributed by atoms with Gasteiger partial charge in [-0.3, -0.25) is 4.98 Å². The molecule has 21 heavy (non-hydrogen) atoms. The molecule has 0 bridgehead atoms. The molecule has 110 valence electrons. The summed E-state index contributed by atoms with van der Waals surface area (Å²) in [7, 11) is 0. The molecule has 3 rings (SSSR count). The molecule has 0 aliphatic heterocycles. The second-order valence-electron chi connectivity index (χ2n) is 5.01. The Hall–Kier alpha value is -2.41. The summed E-state index contributed by atoms with van der Waals surface area (Å²) in [5.74, 6) is 7.30. The molecular formula is C14H19N7. The van der Waals surface area contributed by atoms with E-state index in [0.717, 1.165) is 47.2 Å². The van der Waals surface area contributed by atoms with E-state index in [1.165, 1.54) is 0 Å². The lowest BCUT2D eigenvalue weighted by molar-refractivity contribution is 0.835. The lowest BCUT2D eigenvalue weighted by atomic mass is 10.1.